The molecule has 0 aliphatic heterocycles. The molecular weight excluding hydrogens is 368 g/mol. The fourth-order valence-corrected chi connectivity index (χ4v) is 2.84. The van der Waals surface area contributed by atoms with E-state index in [0.29, 0.717) is 27.8 Å². The van der Waals surface area contributed by atoms with Crippen LogP contribution >= 0.6 is 11.6 Å². The van der Waals surface area contributed by atoms with Crippen molar-refractivity contribution in [3.8, 4) is 11.4 Å². The van der Waals surface area contributed by atoms with Crippen LogP contribution in [0.4, 0.5) is 11.5 Å². The molecule has 1 unspecified atom stereocenters. The van der Waals surface area contributed by atoms with Gasteiger partial charge in [-0.3, -0.25) is 10.1 Å². The van der Waals surface area contributed by atoms with Crippen LogP contribution < -0.4 is 5.32 Å². The zero-order chi connectivity index (χ0) is 19.4. The van der Waals surface area contributed by atoms with Gasteiger partial charge < -0.3 is 10.4 Å². The van der Waals surface area contributed by atoms with Crippen molar-refractivity contribution in [3.63, 3.8) is 0 Å². The first-order valence-corrected chi connectivity index (χ1v) is 8.58. The van der Waals surface area contributed by atoms with E-state index in [9.17, 15) is 15.2 Å². The van der Waals surface area contributed by atoms with Gasteiger partial charge in [0, 0.05) is 46.6 Å². The Labute approximate surface area is 160 Å². The second kappa shape index (κ2) is 8.11. The first-order chi connectivity index (χ1) is 12.9. The van der Waals surface area contributed by atoms with Gasteiger partial charge in [0.1, 0.15) is 5.82 Å². The molecule has 27 heavy (non-hydrogen) atoms. The van der Waals surface area contributed by atoms with Gasteiger partial charge in [0.25, 0.3) is 5.69 Å². The highest BCUT2D eigenvalue weighted by Gasteiger charge is 2.12. The molecule has 8 heteroatoms. The summed E-state index contributed by atoms with van der Waals surface area (Å²) in [5, 5.41) is 24.7. The zero-order valence-corrected chi connectivity index (χ0v) is 15.2. The average Bonchev–Trinajstić information content (AvgIpc) is 2.66. The maximum atomic E-state index is 10.8. The van der Waals surface area contributed by atoms with Gasteiger partial charge >= 0.3 is 0 Å². The molecule has 0 fully saturated rings. The number of aromatic nitrogens is 2. The Kier molecular flexibility index (Phi) is 5.63. The second-order valence-electron chi connectivity index (χ2n) is 5.94. The first-order valence-electron chi connectivity index (χ1n) is 8.21. The highest BCUT2D eigenvalue weighted by molar-refractivity contribution is 6.31. The van der Waals surface area contributed by atoms with Gasteiger partial charge in [-0.25, -0.2) is 9.97 Å². The number of nitro groups is 1. The predicted octanol–water partition coefficient (Wildman–Crippen LogP) is 4.16. The predicted molar refractivity (Wildman–Crippen MR) is 104 cm³/mol. The largest absolute Gasteiger partial charge is 0.387 e. The zero-order valence-electron chi connectivity index (χ0n) is 14.5. The van der Waals surface area contributed by atoms with Crippen LogP contribution in [0.3, 0.4) is 0 Å². The molecule has 7 nitrogen and oxygen atoms in total. The molecule has 0 aliphatic carbocycles. The van der Waals surface area contributed by atoms with E-state index in [-0.39, 0.29) is 12.2 Å². The molecule has 0 aliphatic rings. The van der Waals surface area contributed by atoms with E-state index in [1.54, 1.807) is 36.4 Å². The van der Waals surface area contributed by atoms with Crippen LogP contribution in [0.5, 0.6) is 0 Å². The number of nitro benzene ring substituents is 1. The number of hydrogen-bond acceptors (Lipinski definition) is 6. The van der Waals surface area contributed by atoms with E-state index in [2.05, 4.69) is 15.3 Å². The number of aliphatic hydroxyl groups excluding tert-OH is 1. The highest BCUT2D eigenvalue weighted by Crippen LogP contribution is 2.24. The minimum absolute atomic E-state index is 0.00705. The lowest BCUT2D eigenvalue weighted by Crippen LogP contribution is -2.14. The third kappa shape index (κ3) is 4.58. The fraction of sp³-hybridized carbons (Fsp3) is 0.158. The monoisotopic (exact) mass is 384 g/mol. The maximum absolute atomic E-state index is 10.8. The lowest BCUT2D eigenvalue weighted by atomic mass is 10.1. The van der Waals surface area contributed by atoms with Crippen molar-refractivity contribution < 1.29 is 10.0 Å². The summed E-state index contributed by atoms with van der Waals surface area (Å²) >= 11 is 6.11. The van der Waals surface area contributed by atoms with Gasteiger partial charge in [-0.2, -0.15) is 0 Å². The Morgan fingerprint density at radius 2 is 1.89 bits per heavy atom. The molecule has 3 rings (SSSR count). The van der Waals surface area contributed by atoms with Crippen molar-refractivity contribution in [2.24, 2.45) is 0 Å². The molecule has 0 saturated carbocycles. The molecule has 1 heterocycles. The van der Waals surface area contributed by atoms with Gasteiger partial charge in [-0.05, 0) is 25.1 Å². The second-order valence-corrected chi connectivity index (χ2v) is 6.35. The number of nitrogens with zero attached hydrogens (tertiary/aromatic N) is 3. The third-order valence-corrected chi connectivity index (χ3v) is 4.28. The van der Waals surface area contributed by atoms with Crippen molar-refractivity contribution >= 4 is 23.1 Å². The molecule has 0 spiro atoms. The van der Waals surface area contributed by atoms with Gasteiger partial charge in [-0.1, -0.05) is 29.8 Å². The highest BCUT2D eigenvalue weighted by atomic mass is 35.5. The van der Waals surface area contributed by atoms with Crippen LogP contribution in [0.25, 0.3) is 11.4 Å². The summed E-state index contributed by atoms with van der Waals surface area (Å²) in [7, 11) is 0. The van der Waals surface area contributed by atoms with Crippen LogP contribution in [0, 0.1) is 17.0 Å². The normalized spacial score (nSPS) is 11.8. The molecule has 138 valence electrons. The molecule has 0 bridgehead atoms. The summed E-state index contributed by atoms with van der Waals surface area (Å²) in [6, 6.07) is 14.9. The molecule has 2 aromatic carbocycles. The summed E-state index contributed by atoms with van der Waals surface area (Å²) in [5.74, 6) is 0.988. The van der Waals surface area contributed by atoms with E-state index in [0.717, 1.165) is 5.69 Å². The summed E-state index contributed by atoms with van der Waals surface area (Å²) < 4.78 is 0. The summed E-state index contributed by atoms with van der Waals surface area (Å²) in [4.78, 5) is 19.1. The molecule has 0 saturated heterocycles. The van der Waals surface area contributed by atoms with Crippen LogP contribution in [-0.2, 0) is 0 Å². The van der Waals surface area contributed by atoms with Crippen LogP contribution in [-0.4, -0.2) is 26.5 Å². The first kappa shape index (κ1) is 18.8. The van der Waals surface area contributed by atoms with E-state index < -0.39 is 11.0 Å². The number of nitrogens with one attached hydrogen (secondary N) is 1. The molecule has 3 aromatic rings. The third-order valence-electron chi connectivity index (χ3n) is 3.93. The van der Waals surface area contributed by atoms with Crippen molar-refractivity contribution in [2.45, 2.75) is 13.0 Å². The molecule has 1 atom stereocenters. The van der Waals surface area contributed by atoms with Gasteiger partial charge in [-0.15, -0.1) is 0 Å². The van der Waals surface area contributed by atoms with Crippen molar-refractivity contribution in [1.82, 2.24) is 9.97 Å². The quantitative estimate of drug-likeness (QED) is 0.488. The Hall–Kier alpha value is -3.03. The van der Waals surface area contributed by atoms with E-state index in [1.165, 1.54) is 12.1 Å². The lowest BCUT2D eigenvalue weighted by Gasteiger charge is -2.14. The summed E-state index contributed by atoms with van der Waals surface area (Å²) in [6.07, 6.45) is -0.795. The van der Waals surface area contributed by atoms with Crippen molar-refractivity contribution in [2.75, 3.05) is 11.9 Å². The van der Waals surface area contributed by atoms with Gasteiger partial charge in [0.2, 0.25) is 0 Å². The van der Waals surface area contributed by atoms with Gasteiger partial charge in [0.15, 0.2) is 5.82 Å². The molecule has 2 N–H and O–H groups in total. The number of rotatable bonds is 6. The standard InChI is InChI=1S/C19H17ClN4O3/c1-12-10-18(21-11-17(25)15-4-2-3-5-16(15)20)23-19(22-12)13-6-8-14(9-7-13)24(26)27/h2-10,17,25H,11H2,1H3,(H,21,22,23). The minimum Gasteiger partial charge on any atom is -0.387 e. The number of anilines is 1. The molecule has 0 radical (unpaired) electrons. The van der Waals surface area contributed by atoms with Crippen molar-refractivity contribution in [1.29, 1.82) is 0 Å². The number of aliphatic hydroxyl groups is 1. The molecule has 0 amide bonds. The Morgan fingerprint density at radius 1 is 1.19 bits per heavy atom. The number of non-ortho nitro benzene ring substituents is 1. The maximum Gasteiger partial charge on any atom is 0.269 e. The smallest absolute Gasteiger partial charge is 0.269 e. The summed E-state index contributed by atoms with van der Waals surface area (Å²) in [5.41, 5.74) is 2.03. The number of benzene rings is 2. The van der Waals surface area contributed by atoms with E-state index in [4.69, 9.17) is 11.6 Å². The Balaban J connectivity index is 1.77. The fourth-order valence-electron chi connectivity index (χ4n) is 2.58. The average molecular weight is 385 g/mol. The van der Waals surface area contributed by atoms with E-state index in [1.807, 2.05) is 13.0 Å². The lowest BCUT2D eigenvalue weighted by molar-refractivity contribution is -0.384. The van der Waals surface area contributed by atoms with E-state index >= 15 is 0 Å². The van der Waals surface area contributed by atoms with Crippen LogP contribution in [0.2, 0.25) is 5.02 Å². The Morgan fingerprint density at radius 3 is 2.56 bits per heavy atom. The summed E-state index contributed by atoms with van der Waals surface area (Å²) in [6.45, 7) is 2.05. The molecule has 1 aromatic heterocycles. The number of halogens is 1. The van der Waals surface area contributed by atoms with Crippen LogP contribution in [0.1, 0.15) is 17.4 Å². The number of aryl methyl sites for hydroxylation is 1. The van der Waals surface area contributed by atoms with Crippen LogP contribution in [0.15, 0.2) is 54.6 Å². The SMILES string of the molecule is Cc1cc(NCC(O)c2ccccc2Cl)nc(-c2ccc([N+](=O)[O-])cc2)n1. The topological polar surface area (TPSA) is 101 Å². The van der Waals surface area contributed by atoms with Gasteiger partial charge in [0.05, 0.1) is 11.0 Å². The Bertz CT molecular complexity index is 963. The minimum atomic E-state index is -0.795. The van der Waals surface area contributed by atoms with Crippen molar-refractivity contribution in [3.05, 3.63) is 81.0 Å². The molecular formula is C19H17ClN4O3. The number of hydrogen-bond donors (Lipinski definition) is 2.